The summed E-state index contributed by atoms with van der Waals surface area (Å²) in [6, 6.07) is 0.962. The van der Waals surface area contributed by atoms with Gasteiger partial charge in [-0.1, -0.05) is 0 Å². The number of sulfonamides is 1. The van der Waals surface area contributed by atoms with Gasteiger partial charge in [-0.15, -0.1) is 0 Å². The Balaban J connectivity index is 2.35. The first-order valence-electron chi connectivity index (χ1n) is 5.40. The second-order valence-electron chi connectivity index (χ2n) is 4.02. The molecule has 1 aliphatic rings. The van der Waals surface area contributed by atoms with Crippen molar-refractivity contribution in [3.63, 3.8) is 0 Å². The molecule has 1 atom stereocenters. The number of aromatic nitrogens is 1. The van der Waals surface area contributed by atoms with Gasteiger partial charge in [0.05, 0.1) is 12.4 Å². The number of pyridine rings is 1. The van der Waals surface area contributed by atoms with Crippen LogP contribution in [0.5, 0.6) is 0 Å². The number of nitrogens with zero attached hydrogens (tertiary/aromatic N) is 2. The lowest BCUT2D eigenvalue weighted by Crippen LogP contribution is -2.48. The van der Waals surface area contributed by atoms with E-state index in [1.807, 2.05) is 0 Å². The van der Waals surface area contributed by atoms with Crippen LogP contribution in [0.4, 0.5) is 4.39 Å². The molecule has 0 spiro atoms. The van der Waals surface area contributed by atoms with Crippen molar-refractivity contribution in [1.29, 1.82) is 0 Å². The molecule has 1 aromatic heterocycles. The molecule has 2 rings (SSSR count). The monoisotopic (exact) mass is 259 g/mol. The fourth-order valence-corrected chi connectivity index (χ4v) is 3.46. The molecule has 0 bridgehead atoms. The Morgan fingerprint density at radius 3 is 2.82 bits per heavy atom. The molecule has 94 valence electrons. The third-order valence-corrected chi connectivity index (χ3v) is 4.67. The zero-order valence-corrected chi connectivity index (χ0v) is 10.0. The highest BCUT2D eigenvalue weighted by Crippen LogP contribution is 2.22. The lowest BCUT2D eigenvalue weighted by atomic mass is 10.1. The molecule has 0 unspecified atom stereocenters. The van der Waals surface area contributed by atoms with Crippen LogP contribution in [0.2, 0.25) is 0 Å². The fraction of sp³-hybridized carbons (Fsp3) is 0.500. The smallest absolute Gasteiger partial charge is 0.246 e. The maximum absolute atomic E-state index is 13.0. The summed E-state index contributed by atoms with van der Waals surface area (Å²) in [7, 11) is -3.73. The topological polar surface area (TPSA) is 76.3 Å². The number of rotatable bonds is 2. The molecule has 1 fully saturated rings. The van der Waals surface area contributed by atoms with Gasteiger partial charge in [0.15, 0.2) is 0 Å². The minimum absolute atomic E-state index is 0.144. The molecule has 1 saturated heterocycles. The minimum atomic E-state index is -3.73. The Labute approximate surface area is 99.5 Å². The van der Waals surface area contributed by atoms with E-state index in [0.29, 0.717) is 13.0 Å². The first-order chi connectivity index (χ1) is 8.01. The molecule has 0 aliphatic carbocycles. The average molecular weight is 259 g/mol. The zero-order chi connectivity index (χ0) is 12.5. The summed E-state index contributed by atoms with van der Waals surface area (Å²) >= 11 is 0. The van der Waals surface area contributed by atoms with Gasteiger partial charge in [-0.25, -0.2) is 12.8 Å². The van der Waals surface area contributed by atoms with Crippen molar-refractivity contribution in [2.24, 2.45) is 5.73 Å². The maximum Gasteiger partial charge on any atom is 0.246 e. The molecule has 0 radical (unpaired) electrons. The zero-order valence-electron chi connectivity index (χ0n) is 9.21. The standard InChI is InChI=1S/C10H14FN3O2S/c11-8-5-9(7-13-6-8)17(15,16)14-4-2-1-3-10(14)12/h5-7,10H,1-4,12H2/t10-/m0/s1. The maximum atomic E-state index is 13.0. The summed E-state index contributed by atoms with van der Waals surface area (Å²) in [5.41, 5.74) is 5.77. The third kappa shape index (κ3) is 2.46. The summed E-state index contributed by atoms with van der Waals surface area (Å²) < 4.78 is 38.6. The van der Waals surface area contributed by atoms with Crippen molar-refractivity contribution in [3.8, 4) is 0 Å². The van der Waals surface area contributed by atoms with Crippen LogP contribution in [0.15, 0.2) is 23.4 Å². The van der Waals surface area contributed by atoms with E-state index in [1.54, 1.807) is 0 Å². The van der Waals surface area contributed by atoms with E-state index in [2.05, 4.69) is 4.98 Å². The van der Waals surface area contributed by atoms with E-state index in [1.165, 1.54) is 4.31 Å². The summed E-state index contributed by atoms with van der Waals surface area (Å²) in [5.74, 6) is -0.670. The summed E-state index contributed by atoms with van der Waals surface area (Å²) in [5, 5.41) is 0. The number of hydrogen-bond donors (Lipinski definition) is 1. The summed E-state index contributed by atoms with van der Waals surface area (Å²) in [6.45, 7) is 0.375. The Morgan fingerprint density at radius 2 is 2.18 bits per heavy atom. The van der Waals surface area contributed by atoms with E-state index >= 15 is 0 Å². The van der Waals surface area contributed by atoms with Gasteiger partial charge in [0.25, 0.3) is 0 Å². The van der Waals surface area contributed by atoms with Crippen LogP contribution in [0.1, 0.15) is 19.3 Å². The normalized spacial score (nSPS) is 22.6. The van der Waals surface area contributed by atoms with Crippen molar-refractivity contribution in [1.82, 2.24) is 9.29 Å². The highest BCUT2D eigenvalue weighted by Gasteiger charge is 2.31. The highest BCUT2D eigenvalue weighted by atomic mass is 32.2. The number of halogens is 1. The largest absolute Gasteiger partial charge is 0.315 e. The Morgan fingerprint density at radius 1 is 1.41 bits per heavy atom. The molecule has 2 N–H and O–H groups in total. The van der Waals surface area contributed by atoms with Gasteiger partial charge >= 0.3 is 0 Å². The second-order valence-corrected chi connectivity index (χ2v) is 5.91. The third-order valence-electron chi connectivity index (χ3n) is 2.78. The van der Waals surface area contributed by atoms with Crippen LogP contribution in [0.25, 0.3) is 0 Å². The van der Waals surface area contributed by atoms with E-state index in [0.717, 1.165) is 31.3 Å². The molecule has 7 heteroatoms. The number of nitrogens with two attached hydrogens (primary N) is 1. The Bertz CT molecular complexity index is 506. The van der Waals surface area contributed by atoms with Gasteiger partial charge in [-0.3, -0.25) is 4.98 Å². The van der Waals surface area contributed by atoms with E-state index < -0.39 is 22.0 Å². The number of hydrogen-bond acceptors (Lipinski definition) is 4. The van der Waals surface area contributed by atoms with Crippen molar-refractivity contribution in [2.45, 2.75) is 30.3 Å². The van der Waals surface area contributed by atoms with Crippen molar-refractivity contribution in [3.05, 3.63) is 24.3 Å². The molecule has 0 amide bonds. The van der Waals surface area contributed by atoms with Crippen molar-refractivity contribution < 1.29 is 12.8 Å². The summed E-state index contributed by atoms with van der Waals surface area (Å²) in [4.78, 5) is 3.41. The van der Waals surface area contributed by atoms with Crippen LogP contribution < -0.4 is 5.73 Å². The van der Waals surface area contributed by atoms with Gasteiger partial charge in [-0.2, -0.15) is 4.31 Å². The molecule has 1 aromatic rings. The van der Waals surface area contributed by atoms with Crippen LogP contribution in [0.3, 0.4) is 0 Å². The highest BCUT2D eigenvalue weighted by molar-refractivity contribution is 7.89. The van der Waals surface area contributed by atoms with Gasteiger partial charge < -0.3 is 5.73 Å². The van der Waals surface area contributed by atoms with Crippen LogP contribution in [-0.4, -0.2) is 30.4 Å². The average Bonchev–Trinajstić information content (AvgIpc) is 2.29. The Hall–Kier alpha value is -1.05. The minimum Gasteiger partial charge on any atom is -0.315 e. The molecule has 0 aromatic carbocycles. The van der Waals surface area contributed by atoms with Gasteiger partial charge in [0, 0.05) is 12.7 Å². The predicted molar refractivity (Wildman–Crippen MR) is 59.9 cm³/mol. The van der Waals surface area contributed by atoms with E-state index in [4.69, 9.17) is 5.73 Å². The molecule has 0 saturated carbocycles. The summed E-state index contributed by atoms with van der Waals surface area (Å²) in [6.07, 6.45) is 3.89. The first-order valence-corrected chi connectivity index (χ1v) is 6.84. The Kier molecular flexibility index (Phi) is 3.41. The van der Waals surface area contributed by atoms with Gasteiger partial charge in [0.1, 0.15) is 10.7 Å². The molecular formula is C10H14FN3O2S. The first kappa shape index (κ1) is 12.4. The van der Waals surface area contributed by atoms with E-state index in [9.17, 15) is 12.8 Å². The molecule has 17 heavy (non-hydrogen) atoms. The fourth-order valence-electron chi connectivity index (χ4n) is 1.90. The quantitative estimate of drug-likeness (QED) is 0.847. The SMILES string of the molecule is N[C@@H]1CCCCN1S(=O)(=O)c1cncc(F)c1. The van der Waals surface area contributed by atoms with Crippen molar-refractivity contribution in [2.75, 3.05) is 6.54 Å². The molecule has 1 aliphatic heterocycles. The van der Waals surface area contributed by atoms with Gasteiger partial charge in [0.2, 0.25) is 10.0 Å². The number of piperidine rings is 1. The lowest BCUT2D eigenvalue weighted by molar-refractivity contribution is 0.258. The van der Waals surface area contributed by atoms with Crippen LogP contribution >= 0.6 is 0 Å². The van der Waals surface area contributed by atoms with Crippen LogP contribution in [-0.2, 0) is 10.0 Å². The molecule has 2 heterocycles. The van der Waals surface area contributed by atoms with Gasteiger partial charge in [-0.05, 0) is 25.3 Å². The second kappa shape index (κ2) is 4.67. The predicted octanol–water partition coefficient (Wildman–Crippen LogP) is 0.680. The van der Waals surface area contributed by atoms with E-state index in [-0.39, 0.29) is 4.90 Å². The molecular weight excluding hydrogens is 245 g/mol. The lowest BCUT2D eigenvalue weighted by Gasteiger charge is -2.31. The van der Waals surface area contributed by atoms with Crippen molar-refractivity contribution >= 4 is 10.0 Å². The van der Waals surface area contributed by atoms with Crippen LogP contribution in [0, 0.1) is 5.82 Å². The molecule has 5 nitrogen and oxygen atoms in total.